The van der Waals surface area contributed by atoms with E-state index >= 15 is 0 Å². The third-order valence-electron chi connectivity index (χ3n) is 4.04. The maximum absolute atomic E-state index is 12.4. The number of nitrogens with zero attached hydrogens (tertiary/aromatic N) is 1. The number of nitrogens with one attached hydrogen (secondary N) is 1. The number of fused-ring (bicyclic) bond motifs is 1. The Morgan fingerprint density at radius 3 is 2.62 bits per heavy atom. The van der Waals surface area contributed by atoms with Gasteiger partial charge >= 0.3 is 155 Å². The van der Waals surface area contributed by atoms with Crippen molar-refractivity contribution in [3.8, 4) is 0 Å². The molecule has 3 rings (SSSR count). The molecule has 0 aliphatic carbocycles. The summed E-state index contributed by atoms with van der Waals surface area (Å²) in [5, 5.41) is 13.6. The van der Waals surface area contributed by atoms with Crippen LogP contribution < -0.4 is 31.6 Å². The number of amides is 2. The van der Waals surface area contributed by atoms with Crippen molar-refractivity contribution in [3.63, 3.8) is 0 Å². The fourth-order valence-corrected chi connectivity index (χ4v) is 7.58. The molecule has 0 radical (unpaired) electrons. The van der Waals surface area contributed by atoms with E-state index in [-0.39, 0.29) is 32.4 Å². The van der Waals surface area contributed by atoms with Crippen molar-refractivity contribution in [1.82, 2.24) is 10.2 Å². The Hall–Kier alpha value is -1.29. The molecular formula is C16H17IN2O4S-2. The van der Waals surface area contributed by atoms with Crippen LogP contribution in [0.4, 0.5) is 4.79 Å². The molecule has 1 aromatic rings. The zero-order valence-corrected chi connectivity index (χ0v) is 16.2. The Kier molecular flexibility index (Phi) is 4.78. The van der Waals surface area contributed by atoms with Crippen LogP contribution in [0.5, 0.6) is 0 Å². The Morgan fingerprint density at radius 2 is 2.00 bits per heavy atom. The fourth-order valence-electron chi connectivity index (χ4n) is 2.96. The Balaban J connectivity index is 1.65. The maximum atomic E-state index is 12.4. The molecular weight excluding hydrogens is 443 g/mol. The van der Waals surface area contributed by atoms with Crippen LogP contribution in [0.3, 0.4) is 0 Å². The van der Waals surface area contributed by atoms with Crippen molar-refractivity contribution in [2.45, 2.75) is 40.5 Å². The molecule has 2 fully saturated rings. The number of carboxylic acid groups (broad SMARTS) is 1. The van der Waals surface area contributed by atoms with E-state index in [0.717, 1.165) is 5.56 Å². The van der Waals surface area contributed by atoms with E-state index in [0.29, 0.717) is 0 Å². The molecule has 0 spiro atoms. The van der Waals surface area contributed by atoms with Crippen molar-refractivity contribution in [2.75, 3.05) is 0 Å². The standard InChI is InChI=1S/C16H18IN2O4S/c1-16(2)14(17-15(22)23)19-12(21)11(13(19)24-16)18-10(20)8-9-6-4-3-5-7-9/h3-7,11,13-14H,8H2,1-2H3,(H,18,20)(H,22,23)/q-1/p-1/t11-,13?,14?/m1/s1. The zero-order chi connectivity index (χ0) is 17.5. The number of thioether (sulfide) groups is 1. The van der Waals surface area contributed by atoms with E-state index < -0.39 is 31.2 Å². The molecule has 2 aliphatic rings. The van der Waals surface area contributed by atoms with Crippen LogP contribution in [-0.4, -0.2) is 40.9 Å². The summed E-state index contributed by atoms with van der Waals surface area (Å²) >= 11 is 0.279. The monoisotopic (exact) mass is 460 g/mol. The Bertz CT molecular complexity index is 682. The van der Waals surface area contributed by atoms with Gasteiger partial charge in [-0.3, -0.25) is 0 Å². The van der Waals surface area contributed by atoms with Gasteiger partial charge in [0.25, 0.3) is 0 Å². The number of β-lactam (4-membered cyclic amide) rings is 1. The number of rotatable bonds is 5. The summed E-state index contributed by atoms with van der Waals surface area (Å²) in [7, 11) is 0. The minimum atomic E-state index is -1.28. The molecule has 2 unspecified atom stereocenters. The second-order valence-corrected chi connectivity index (χ2v) is 10.7. The number of carbonyl (C=O) groups is 3. The average Bonchev–Trinajstić information content (AvgIpc) is 2.74. The summed E-state index contributed by atoms with van der Waals surface area (Å²) in [6, 6.07) is 8.77. The molecule has 2 amide bonds. The molecule has 0 bridgehead atoms. The summed E-state index contributed by atoms with van der Waals surface area (Å²) in [6.07, 6.45) is 0.223. The first-order valence-electron chi connectivity index (χ1n) is 7.47. The van der Waals surface area contributed by atoms with E-state index in [2.05, 4.69) is 5.32 Å². The summed E-state index contributed by atoms with van der Waals surface area (Å²) in [4.78, 5) is 37.2. The minimum absolute atomic E-state index is 0.184. The van der Waals surface area contributed by atoms with Gasteiger partial charge in [-0.15, -0.1) is 0 Å². The van der Waals surface area contributed by atoms with Gasteiger partial charge < -0.3 is 0 Å². The van der Waals surface area contributed by atoms with E-state index in [4.69, 9.17) is 0 Å². The topological polar surface area (TPSA) is 89.5 Å². The number of benzene rings is 1. The molecule has 0 saturated carbocycles. The second-order valence-electron chi connectivity index (χ2n) is 6.25. The van der Waals surface area contributed by atoms with E-state index in [9.17, 15) is 19.5 Å². The molecule has 130 valence electrons. The van der Waals surface area contributed by atoms with Gasteiger partial charge in [0.2, 0.25) is 0 Å². The van der Waals surface area contributed by atoms with Gasteiger partial charge in [-0.1, -0.05) is 0 Å². The Morgan fingerprint density at radius 1 is 1.33 bits per heavy atom. The van der Waals surface area contributed by atoms with Crippen LogP contribution in [0, 0.1) is 0 Å². The predicted molar refractivity (Wildman–Crippen MR) is 83.6 cm³/mol. The normalized spacial score (nSPS) is 27.5. The molecule has 8 heteroatoms. The summed E-state index contributed by atoms with van der Waals surface area (Å²) in [6.45, 7) is 3.89. The first kappa shape index (κ1) is 17.5. The van der Waals surface area contributed by atoms with Crippen molar-refractivity contribution in [3.05, 3.63) is 35.9 Å². The van der Waals surface area contributed by atoms with Crippen LogP contribution in [0.1, 0.15) is 19.4 Å². The van der Waals surface area contributed by atoms with E-state index in [1.54, 1.807) is 16.7 Å². The molecule has 3 atom stereocenters. The summed E-state index contributed by atoms with van der Waals surface area (Å²) < 4.78 is -1.70. The fraction of sp³-hybridized carbons (Fsp3) is 0.438. The van der Waals surface area contributed by atoms with Crippen molar-refractivity contribution >= 4 is 27.6 Å². The van der Waals surface area contributed by atoms with Crippen molar-refractivity contribution < 1.29 is 40.7 Å². The van der Waals surface area contributed by atoms with Crippen molar-refractivity contribution in [2.24, 2.45) is 0 Å². The molecule has 2 saturated heterocycles. The summed E-state index contributed by atoms with van der Waals surface area (Å²) in [5.74, 6) is -0.388. The van der Waals surface area contributed by atoms with Gasteiger partial charge in [-0.05, 0) is 0 Å². The molecule has 24 heavy (non-hydrogen) atoms. The molecule has 1 N–H and O–H groups in total. The molecule has 2 aliphatic heterocycles. The zero-order valence-electron chi connectivity index (χ0n) is 13.2. The SMILES string of the molecule is CC1(C)SC2[C@H](NC(=O)Cc3ccccc3)C(=O)N2C1[I-]C(=O)[O-]. The average molecular weight is 460 g/mol. The third-order valence-corrected chi connectivity index (χ3v) is 9.29. The number of hydrogen-bond donors (Lipinski definition) is 1. The molecule has 2 heterocycles. The van der Waals surface area contributed by atoms with Gasteiger partial charge in [-0.2, -0.15) is 0 Å². The van der Waals surface area contributed by atoms with Crippen LogP contribution in [0.25, 0.3) is 0 Å². The number of carbonyl (C=O) groups excluding carboxylic acids is 3. The van der Waals surface area contributed by atoms with Crippen LogP contribution in [0.15, 0.2) is 30.3 Å². The number of alkyl halides is 1. The number of hydrogen-bond acceptors (Lipinski definition) is 5. The summed E-state index contributed by atoms with van der Waals surface area (Å²) in [5.41, 5.74) is 0.888. The third kappa shape index (κ3) is 3.26. The predicted octanol–water partition coefficient (Wildman–Crippen LogP) is -2.83. The van der Waals surface area contributed by atoms with Gasteiger partial charge in [0, 0.05) is 0 Å². The molecule has 1 aromatic carbocycles. The van der Waals surface area contributed by atoms with Gasteiger partial charge in [-0.25, -0.2) is 0 Å². The van der Waals surface area contributed by atoms with Crippen LogP contribution >= 0.6 is 11.8 Å². The molecule has 6 nitrogen and oxygen atoms in total. The van der Waals surface area contributed by atoms with Gasteiger partial charge in [0.1, 0.15) is 0 Å². The van der Waals surface area contributed by atoms with Crippen LogP contribution in [-0.2, 0) is 16.0 Å². The van der Waals surface area contributed by atoms with E-state index in [1.807, 2.05) is 44.2 Å². The van der Waals surface area contributed by atoms with Crippen LogP contribution in [0.2, 0.25) is 0 Å². The Labute approximate surface area is 154 Å². The second kappa shape index (κ2) is 6.55. The first-order valence-corrected chi connectivity index (χ1v) is 10.7. The van der Waals surface area contributed by atoms with Crippen molar-refractivity contribution in [1.29, 1.82) is 0 Å². The molecule has 0 aromatic heterocycles. The first-order chi connectivity index (χ1) is 11.3. The van der Waals surface area contributed by atoms with Gasteiger partial charge in [0.15, 0.2) is 0 Å². The van der Waals surface area contributed by atoms with Gasteiger partial charge in [0.05, 0.1) is 0 Å². The number of halogens is 1. The quantitative estimate of drug-likeness (QED) is 0.168. The van der Waals surface area contributed by atoms with E-state index in [1.165, 1.54) is 0 Å².